The quantitative estimate of drug-likeness (QED) is 0.572. The lowest BCUT2D eigenvalue weighted by Gasteiger charge is -2.22. The average Bonchev–Trinajstić information content (AvgIpc) is 3.05. The van der Waals surface area contributed by atoms with Crippen molar-refractivity contribution in [1.29, 1.82) is 0 Å². The molecule has 0 aliphatic carbocycles. The minimum atomic E-state index is -4.71. The molecule has 7 heteroatoms. The van der Waals surface area contributed by atoms with Crippen molar-refractivity contribution in [2.75, 3.05) is 18.0 Å². The van der Waals surface area contributed by atoms with Crippen LogP contribution >= 0.6 is 12.4 Å². The van der Waals surface area contributed by atoms with Gasteiger partial charge in [0.25, 0.3) is 0 Å². The number of aromatic nitrogens is 1. The molecule has 4 rings (SSSR count). The van der Waals surface area contributed by atoms with Crippen molar-refractivity contribution in [2.45, 2.75) is 26.1 Å². The van der Waals surface area contributed by atoms with Crippen LogP contribution in [0.3, 0.4) is 0 Å². The smallest absolute Gasteiger partial charge is 0.406 e. The van der Waals surface area contributed by atoms with Gasteiger partial charge >= 0.3 is 6.36 Å². The monoisotopic (exact) mass is 408 g/mol. The molecule has 0 unspecified atom stereocenters. The Hall–Kier alpha value is -2.47. The summed E-state index contributed by atoms with van der Waals surface area (Å²) in [5, 5.41) is 0.711. The Balaban J connectivity index is 0.00000225. The van der Waals surface area contributed by atoms with Crippen molar-refractivity contribution >= 4 is 29.0 Å². The summed E-state index contributed by atoms with van der Waals surface area (Å²) < 4.78 is 42.0. The Morgan fingerprint density at radius 1 is 1.11 bits per heavy atom. The number of rotatable bonds is 4. The maximum atomic E-state index is 12.6. The molecule has 2 aromatic carbocycles. The molecule has 0 saturated carbocycles. The number of fused-ring (bicyclic) bond motifs is 3. The van der Waals surface area contributed by atoms with E-state index in [1.54, 1.807) is 6.07 Å². The summed E-state index contributed by atoms with van der Waals surface area (Å²) in [5.74, 6) is -0.210. The Kier molecular flexibility index (Phi) is 5.70. The van der Waals surface area contributed by atoms with Crippen molar-refractivity contribution in [2.24, 2.45) is 0 Å². The van der Waals surface area contributed by atoms with Crippen LogP contribution < -0.4 is 9.64 Å². The second-order valence-electron chi connectivity index (χ2n) is 6.72. The number of ether oxygens (including phenoxy) is 1. The molecule has 148 valence electrons. The third kappa shape index (κ3) is 4.17. The number of benzene rings is 2. The van der Waals surface area contributed by atoms with E-state index in [1.165, 1.54) is 17.7 Å². The van der Waals surface area contributed by atoms with Crippen LogP contribution in [-0.2, 0) is 12.8 Å². The maximum Gasteiger partial charge on any atom is 0.573 e. The molecular formula is C21H20ClF3N2O. The lowest BCUT2D eigenvalue weighted by atomic mass is 10.1. The van der Waals surface area contributed by atoms with E-state index in [0.717, 1.165) is 42.9 Å². The summed E-state index contributed by atoms with van der Waals surface area (Å²) in [4.78, 5) is 6.82. The van der Waals surface area contributed by atoms with Gasteiger partial charge in [-0.3, -0.25) is 4.98 Å². The summed E-state index contributed by atoms with van der Waals surface area (Å²) in [6.07, 6.45) is -2.98. The van der Waals surface area contributed by atoms with E-state index in [-0.39, 0.29) is 18.2 Å². The van der Waals surface area contributed by atoms with Gasteiger partial charge in [-0.1, -0.05) is 30.3 Å². The normalized spacial score (nSPS) is 13.4. The average molecular weight is 409 g/mol. The predicted molar refractivity (Wildman–Crippen MR) is 106 cm³/mol. The van der Waals surface area contributed by atoms with Gasteiger partial charge in [-0.15, -0.1) is 25.6 Å². The molecule has 0 amide bonds. The lowest BCUT2D eigenvalue weighted by molar-refractivity contribution is -0.274. The highest BCUT2D eigenvalue weighted by Crippen LogP contribution is 2.38. The third-order valence-corrected chi connectivity index (χ3v) is 4.93. The topological polar surface area (TPSA) is 25.4 Å². The summed E-state index contributed by atoms with van der Waals surface area (Å²) in [6.45, 7) is 3.60. The molecule has 2 heterocycles. The van der Waals surface area contributed by atoms with Gasteiger partial charge in [-0.05, 0) is 49.1 Å². The van der Waals surface area contributed by atoms with E-state index in [4.69, 9.17) is 0 Å². The van der Waals surface area contributed by atoms with E-state index >= 15 is 0 Å². The van der Waals surface area contributed by atoms with E-state index in [0.29, 0.717) is 10.9 Å². The zero-order chi connectivity index (χ0) is 19.0. The van der Waals surface area contributed by atoms with Crippen LogP contribution in [0.2, 0.25) is 0 Å². The molecule has 3 aromatic rings. The van der Waals surface area contributed by atoms with Gasteiger partial charge in [0, 0.05) is 24.2 Å². The van der Waals surface area contributed by atoms with E-state index in [2.05, 4.69) is 26.8 Å². The van der Waals surface area contributed by atoms with Crippen LogP contribution in [0.4, 0.5) is 18.9 Å². The molecule has 1 aliphatic heterocycles. The highest BCUT2D eigenvalue weighted by Gasteiger charge is 2.32. The summed E-state index contributed by atoms with van der Waals surface area (Å²) >= 11 is 0. The molecule has 28 heavy (non-hydrogen) atoms. The second kappa shape index (κ2) is 7.87. The Labute approximate surface area is 167 Å². The number of pyridine rings is 1. The fourth-order valence-electron chi connectivity index (χ4n) is 3.73. The second-order valence-corrected chi connectivity index (χ2v) is 6.72. The molecule has 0 bridgehead atoms. The molecule has 0 atom stereocenters. The van der Waals surface area contributed by atoms with Gasteiger partial charge in [0.15, 0.2) is 0 Å². The number of aryl methyl sites for hydroxylation is 1. The number of anilines is 1. The molecule has 0 N–H and O–H groups in total. The minimum absolute atomic E-state index is 0. The third-order valence-electron chi connectivity index (χ3n) is 4.93. The number of alkyl halides is 3. The van der Waals surface area contributed by atoms with Crippen molar-refractivity contribution in [1.82, 2.24) is 4.98 Å². The van der Waals surface area contributed by atoms with Gasteiger partial charge in [-0.25, -0.2) is 0 Å². The van der Waals surface area contributed by atoms with Crippen LogP contribution in [0.25, 0.3) is 10.9 Å². The highest BCUT2D eigenvalue weighted by atomic mass is 35.5. The number of hydrogen-bond donors (Lipinski definition) is 0. The maximum absolute atomic E-state index is 12.6. The fourth-order valence-corrected chi connectivity index (χ4v) is 3.73. The summed E-state index contributed by atoms with van der Waals surface area (Å²) in [7, 11) is 0. The zero-order valence-electron chi connectivity index (χ0n) is 15.3. The van der Waals surface area contributed by atoms with Crippen molar-refractivity contribution < 1.29 is 17.9 Å². The van der Waals surface area contributed by atoms with Crippen molar-refractivity contribution in [3.8, 4) is 5.75 Å². The molecule has 0 fully saturated rings. The van der Waals surface area contributed by atoms with Gasteiger partial charge in [0.05, 0.1) is 11.2 Å². The van der Waals surface area contributed by atoms with Crippen LogP contribution in [0.5, 0.6) is 5.75 Å². The Bertz CT molecular complexity index is 977. The van der Waals surface area contributed by atoms with Gasteiger partial charge in [-0.2, -0.15) is 0 Å². The van der Waals surface area contributed by atoms with Crippen LogP contribution in [0.1, 0.15) is 16.8 Å². The number of hydrogen-bond acceptors (Lipinski definition) is 3. The lowest BCUT2D eigenvalue weighted by Crippen LogP contribution is -2.23. The minimum Gasteiger partial charge on any atom is -0.406 e. The van der Waals surface area contributed by atoms with Crippen LogP contribution in [0.15, 0.2) is 48.5 Å². The van der Waals surface area contributed by atoms with Gasteiger partial charge in [0.1, 0.15) is 5.75 Å². The molecule has 1 aliphatic rings. The first kappa shape index (κ1) is 20.3. The van der Waals surface area contributed by atoms with E-state index in [1.807, 2.05) is 25.1 Å². The van der Waals surface area contributed by atoms with Crippen LogP contribution in [0, 0.1) is 6.92 Å². The van der Waals surface area contributed by atoms with Crippen molar-refractivity contribution in [3.63, 3.8) is 0 Å². The fraction of sp³-hybridized carbons (Fsp3) is 0.286. The first-order valence-electron chi connectivity index (χ1n) is 8.88. The van der Waals surface area contributed by atoms with Gasteiger partial charge < -0.3 is 9.64 Å². The SMILES string of the molecule is Cc1nc2ccc(OC(F)(F)F)cc2c2c1CCN2CCc1ccccc1.Cl. The largest absolute Gasteiger partial charge is 0.573 e. The molecule has 1 aromatic heterocycles. The number of halogens is 4. The zero-order valence-corrected chi connectivity index (χ0v) is 16.1. The summed E-state index contributed by atoms with van der Waals surface area (Å²) in [6, 6.07) is 14.5. The first-order valence-corrected chi connectivity index (χ1v) is 8.88. The molecule has 3 nitrogen and oxygen atoms in total. The highest BCUT2D eigenvalue weighted by molar-refractivity contribution is 5.96. The van der Waals surface area contributed by atoms with Crippen LogP contribution in [-0.4, -0.2) is 24.4 Å². The predicted octanol–water partition coefficient (Wildman–Crippen LogP) is 5.47. The van der Waals surface area contributed by atoms with E-state index in [9.17, 15) is 13.2 Å². The molecule has 0 radical (unpaired) electrons. The Morgan fingerprint density at radius 2 is 1.86 bits per heavy atom. The molecule has 0 spiro atoms. The van der Waals surface area contributed by atoms with Crippen molar-refractivity contribution in [3.05, 3.63) is 65.4 Å². The summed E-state index contributed by atoms with van der Waals surface area (Å²) in [5.41, 5.74) is 4.96. The Morgan fingerprint density at radius 3 is 2.57 bits per heavy atom. The van der Waals surface area contributed by atoms with E-state index < -0.39 is 6.36 Å². The standard InChI is InChI=1S/C21H19F3N2O.ClH/c1-14-17-10-12-26(11-9-15-5-3-2-4-6-15)20(17)18-13-16(27-21(22,23)24)7-8-19(18)25-14;/h2-8,13H,9-12H2,1H3;1H. The van der Waals surface area contributed by atoms with Gasteiger partial charge in [0.2, 0.25) is 0 Å². The number of nitrogens with zero attached hydrogens (tertiary/aromatic N) is 2. The molecular weight excluding hydrogens is 389 g/mol. The first-order chi connectivity index (χ1) is 12.9. The molecule has 0 saturated heterocycles.